The molecule has 3 rings (SSSR count). The van der Waals surface area contributed by atoms with Gasteiger partial charge in [0.1, 0.15) is 0 Å². The van der Waals surface area contributed by atoms with Crippen molar-refractivity contribution >= 4 is 46.4 Å². The van der Waals surface area contributed by atoms with Gasteiger partial charge < -0.3 is 4.52 Å². The highest BCUT2D eigenvalue weighted by molar-refractivity contribution is 6.38. The fourth-order valence-corrected chi connectivity index (χ4v) is 4.25. The first-order valence-corrected chi connectivity index (χ1v) is 9.83. The van der Waals surface area contributed by atoms with Crippen LogP contribution in [-0.4, -0.2) is 10.1 Å². The van der Waals surface area contributed by atoms with E-state index in [9.17, 15) is 0 Å². The van der Waals surface area contributed by atoms with E-state index < -0.39 is 0 Å². The lowest BCUT2D eigenvalue weighted by molar-refractivity contribution is 0.432. The average Bonchev–Trinajstić information content (AvgIpc) is 3.11. The van der Waals surface area contributed by atoms with E-state index in [2.05, 4.69) is 10.1 Å². The maximum Gasteiger partial charge on any atom is 0.258 e. The highest BCUT2D eigenvalue weighted by atomic mass is 35.5. The third-order valence-corrected chi connectivity index (χ3v) is 7.27. The standard InChI is InChI=1S/C20H18Cl4N2O/c1-7-13(8(2)16(22)11(5)15(7)21)19-25-20(27-26-19)14-9(3)17(23)12(6)18(24)10(14)4/h1-6H3. The number of halogens is 4. The van der Waals surface area contributed by atoms with Crippen molar-refractivity contribution in [3.8, 4) is 22.8 Å². The van der Waals surface area contributed by atoms with E-state index in [0.29, 0.717) is 31.8 Å². The first-order chi connectivity index (χ1) is 12.6. The normalized spacial score (nSPS) is 11.3. The Labute approximate surface area is 178 Å². The Bertz CT molecular complexity index is 944. The van der Waals surface area contributed by atoms with Gasteiger partial charge in [0.15, 0.2) is 0 Å². The van der Waals surface area contributed by atoms with Crippen molar-refractivity contribution in [3.63, 3.8) is 0 Å². The average molecular weight is 444 g/mol. The molecule has 7 heteroatoms. The van der Waals surface area contributed by atoms with Gasteiger partial charge in [-0.05, 0) is 74.9 Å². The lowest BCUT2D eigenvalue weighted by Gasteiger charge is -2.14. The van der Waals surface area contributed by atoms with Crippen LogP contribution in [0.3, 0.4) is 0 Å². The Kier molecular flexibility index (Phi) is 5.53. The monoisotopic (exact) mass is 442 g/mol. The first-order valence-electron chi connectivity index (χ1n) is 8.31. The van der Waals surface area contributed by atoms with Crippen molar-refractivity contribution in [1.29, 1.82) is 0 Å². The maximum absolute atomic E-state index is 6.44. The third kappa shape index (κ3) is 3.15. The molecule has 3 aromatic rings. The van der Waals surface area contributed by atoms with Gasteiger partial charge >= 0.3 is 0 Å². The molecule has 2 aromatic carbocycles. The second-order valence-corrected chi connectivity index (χ2v) is 8.19. The first kappa shape index (κ1) is 20.5. The predicted molar refractivity (Wildman–Crippen MR) is 114 cm³/mol. The molecule has 0 saturated heterocycles. The van der Waals surface area contributed by atoms with Gasteiger partial charge in [0.25, 0.3) is 5.89 Å². The number of hydrogen-bond donors (Lipinski definition) is 0. The van der Waals surface area contributed by atoms with Crippen LogP contribution >= 0.6 is 46.4 Å². The summed E-state index contributed by atoms with van der Waals surface area (Å²) in [5.74, 6) is 0.783. The Hall–Kier alpha value is -1.26. The van der Waals surface area contributed by atoms with Gasteiger partial charge in [-0.1, -0.05) is 51.6 Å². The second-order valence-electron chi connectivity index (χ2n) is 6.68. The van der Waals surface area contributed by atoms with Crippen molar-refractivity contribution in [3.05, 3.63) is 53.5 Å². The highest BCUT2D eigenvalue weighted by Gasteiger charge is 2.24. The Morgan fingerprint density at radius 3 is 1.33 bits per heavy atom. The van der Waals surface area contributed by atoms with Gasteiger partial charge in [-0.15, -0.1) is 0 Å². The van der Waals surface area contributed by atoms with Crippen LogP contribution < -0.4 is 0 Å². The van der Waals surface area contributed by atoms with E-state index >= 15 is 0 Å². The van der Waals surface area contributed by atoms with Gasteiger partial charge in [0.2, 0.25) is 5.82 Å². The molecular weight excluding hydrogens is 426 g/mol. The summed E-state index contributed by atoms with van der Waals surface area (Å²) < 4.78 is 5.57. The molecule has 0 saturated carbocycles. The number of nitrogens with zero attached hydrogens (tertiary/aromatic N) is 2. The molecule has 0 unspecified atom stereocenters. The van der Waals surface area contributed by atoms with Gasteiger partial charge in [-0.3, -0.25) is 0 Å². The quantitative estimate of drug-likeness (QED) is 0.404. The molecule has 1 aromatic heterocycles. The second kappa shape index (κ2) is 7.29. The summed E-state index contributed by atoms with van der Waals surface area (Å²) in [6.07, 6.45) is 0. The minimum atomic E-state index is 0.357. The van der Waals surface area contributed by atoms with Crippen LogP contribution in [0.1, 0.15) is 33.4 Å². The lowest BCUT2D eigenvalue weighted by atomic mass is 9.98. The topological polar surface area (TPSA) is 38.9 Å². The molecule has 0 spiro atoms. The fourth-order valence-electron chi connectivity index (χ4n) is 3.40. The molecule has 0 amide bonds. The largest absolute Gasteiger partial charge is 0.334 e. The summed E-state index contributed by atoms with van der Waals surface area (Å²) in [5.41, 5.74) is 6.59. The predicted octanol–water partition coefficient (Wildman–Crippen LogP) is 7.87. The van der Waals surface area contributed by atoms with Crippen molar-refractivity contribution in [1.82, 2.24) is 10.1 Å². The Morgan fingerprint density at radius 2 is 0.926 bits per heavy atom. The number of hydrogen-bond acceptors (Lipinski definition) is 3. The molecule has 3 nitrogen and oxygen atoms in total. The van der Waals surface area contributed by atoms with E-state index in [-0.39, 0.29) is 0 Å². The molecule has 0 aliphatic rings. The molecule has 0 aliphatic heterocycles. The van der Waals surface area contributed by atoms with E-state index in [1.807, 2.05) is 41.5 Å². The van der Waals surface area contributed by atoms with Crippen molar-refractivity contribution in [2.24, 2.45) is 0 Å². The molecular formula is C20H18Cl4N2O. The van der Waals surface area contributed by atoms with Crippen LogP contribution in [-0.2, 0) is 0 Å². The summed E-state index contributed by atoms with van der Waals surface area (Å²) in [7, 11) is 0. The van der Waals surface area contributed by atoms with Crippen molar-refractivity contribution < 1.29 is 4.52 Å². The molecule has 0 aliphatic carbocycles. The zero-order chi connectivity index (χ0) is 20.2. The van der Waals surface area contributed by atoms with Crippen LogP contribution in [0.2, 0.25) is 20.1 Å². The SMILES string of the molecule is Cc1c(Cl)c(C)c(-c2noc(-c3c(C)c(Cl)c(C)c(Cl)c3C)n2)c(C)c1Cl. The molecule has 0 radical (unpaired) electrons. The number of aromatic nitrogens is 2. The zero-order valence-corrected chi connectivity index (χ0v) is 18.8. The molecule has 142 valence electrons. The van der Waals surface area contributed by atoms with E-state index in [0.717, 1.165) is 44.5 Å². The van der Waals surface area contributed by atoms with Crippen LogP contribution in [0.25, 0.3) is 22.8 Å². The number of benzene rings is 2. The molecule has 0 atom stereocenters. The Balaban J connectivity index is 2.25. The Morgan fingerprint density at radius 1 is 0.556 bits per heavy atom. The zero-order valence-electron chi connectivity index (χ0n) is 15.8. The summed E-state index contributed by atoms with van der Waals surface area (Å²) in [4.78, 5) is 4.61. The molecule has 0 fully saturated rings. The molecule has 0 bridgehead atoms. The van der Waals surface area contributed by atoms with E-state index in [1.54, 1.807) is 0 Å². The van der Waals surface area contributed by atoms with Crippen LogP contribution in [0.4, 0.5) is 0 Å². The van der Waals surface area contributed by atoms with E-state index in [1.165, 1.54) is 0 Å². The van der Waals surface area contributed by atoms with Gasteiger partial charge in [-0.25, -0.2) is 0 Å². The summed E-state index contributed by atoms with van der Waals surface area (Å²) in [6.45, 7) is 11.4. The van der Waals surface area contributed by atoms with Gasteiger partial charge in [0, 0.05) is 31.2 Å². The minimum Gasteiger partial charge on any atom is -0.334 e. The molecule has 1 heterocycles. The van der Waals surface area contributed by atoms with Gasteiger partial charge in [0.05, 0.1) is 0 Å². The lowest BCUT2D eigenvalue weighted by Crippen LogP contribution is -1.97. The van der Waals surface area contributed by atoms with Gasteiger partial charge in [-0.2, -0.15) is 4.98 Å². The smallest absolute Gasteiger partial charge is 0.258 e. The van der Waals surface area contributed by atoms with Crippen LogP contribution in [0.5, 0.6) is 0 Å². The summed E-state index contributed by atoms with van der Waals surface area (Å²) in [6, 6.07) is 0. The highest BCUT2D eigenvalue weighted by Crippen LogP contribution is 2.41. The van der Waals surface area contributed by atoms with E-state index in [4.69, 9.17) is 50.9 Å². The van der Waals surface area contributed by atoms with Crippen LogP contribution in [0.15, 0.2) is 4.52 Å². The minimum absolute atomic E-state index is 0.357. The number of rotatable bonds is 2. The fraction of sp³-hybridized carbons (Fsp3) is 0.300. The molecule has 27 heavy (non-hydrogen) atoms. The van der Waals surface area contributed by atoms with Crippen LogP contribution in [0, 0.1) is 41.5 Å². The van der Waals surface area contributed by atoms with Crippen molar-refractivity contribution in [2.75, 3.05) is 0 Å². The third-order valence-electron chi connectivity index (χ3n) is 5.00. The maximum atomic E-state index is 6.44. The summed E-state index contributed by atoms with van der Waals surface area (Å²) >= 11 is 25.7. The van der Waals surface area contributed by atoms with Crippen molar-refractivity contribution in [2.45, 2.75) is 41.5 Å². The molecule has 0 N–H and O–H groups in total. The summed E-state index contributed by atoms with van der Waals surface area (Å²) in [5, 5.41) is 6.55.